The van der Waals surface area contributed by atoms with Crippen molar-refractivity contribution in [1.29, 1.82) is 5.26 Å². The summed E-state index contributed by atoms with van der Waals surface area (Å²) in [6.45, 7) is 0. The number of aliphatic hydroxyl groups excluding tert-OH is 1. The van der Waals surface area contributed by atoms with Crippen LogP contribution in [0, 0.1) is 23.0 Å². The lowest BCUT2D eigenvalue weighted by Gasteiger charge is -2.26. The number of aliphatic hydroxyl groups is 1. The van der Waals surface area contributed by atoms with Gasteiger partial charge >= 0.3 is 0 Å². The number of rotatable bonds is 5. The van der Waals surface area contributed by atoms with Gasteiger partial charge in [-0.3, -0.25) is 4.98 Å². The molecule has 3 aromatic rings. The lowest BCUT2D eigenvalue weighted by atomic mass is 9.95. The molecule has 0 radical (unpaired) electrons. The van der Waals surface area contributed by atoms with E-state index in [4.69, 9.17) is 9.47 Å². The number of halogens is 2. The molecule has 1 fully saturated rings. The maximum atomic E-state index is 13.6. The Hall–Kier alpha value is -3.57. The second-order valence-electron chi connectivity index (χ2n) is 7.33. The van der Waals surface area contributed by atoms with Crippen molar-refractivity contribution in [3.8, 4) is 34.6 Å². The Labute approximate surface area is 177 Å². The number of hydrogen-bond donors (Lipinski definition) is 1. The zero-order valence-electron chi connectivity index (χ0n) is 16.5. The normalized spacial score (nSPS) is 18.3. The van der Waals surface area contributed by atoms with Crippen molar-refractivity contribution in [2.24, 2.45) is 0 Å². The molecule has 1 aromatic carbocycles. The summed E-state index contributed by atoms with van der Waals surface area (Å²) in [5.41, 5.74) is 1.11. The summed E-state index contributed by atoms with van der Waals surface area (Å²) in [6, 6.07) is 10.3. The topological polar surface area (TPSA) is 88.3 Å². The maximum Gasteiger partial charge on any atom is 0.224 e. The van der Waals surface area contributed by atoms with Gasteiger partial charge in [0, 0.05) is 23.9 Å². The first-order valence-corrected chi connectivity index (χ1v) is 9.85. The van der Waals surface area contributed by atoms with Gasteiger partial charge in [-0.05, 0) is 49.4 Å². The van der Waals surface area contributed by atoms with Crippen molar-refractivity contribution >= 4 is 0 Å². The molecular weight excluding hydrogens is 404 g/mol. The molecule has 1 N–H and O–H groups in total. The SMILES string of the molecule is N#Cc1cc(OC2CCC(O)CC2)cc(Oc2cncc(-c3ccc(F)c(F)c3)c2)n1. The van der Waals surface area contributed by atoms with E-state index in [1.165, 1.54) is 24.5 Å². The Bertz CT molecular complexity index is 1130. The van der Waals surface area contributed by atoms with E-state index in [-0.39, 0.29) is 23.8 Å². The predicted molar refractivity (Wildman–Crippen MR) is 108 cm³/mol. The molecule has 0 bridgehead atoms. The zero-order chi connectivity index (χ0) is 21.8. The first kappa shape index (κ1) is 20.7. The summed E-state index contributed by atoms with van der Waals surface area (Å²) in [5.74, 6) is -0.968. The monoisotopic (exact) mass is 423 g/mol. The standard InChI is InChI=1S/C23H19F2N3O3/c24-21-6-1-14(8-22(21)25)15-7-20(13-27-12-15)31-23-10-19(9-16(11-26)28-23)30-18-4-2-17(29)3-5-18/h1,6-10,12-13,17-18,29H,2-5H2. The fourth-order valence-corrected chi connectivity index (χ4v) is 3.44. The number of aromatic nitrogens is 2. The Morgan fingerprint density at radius 1 is 0.935 bits per heavy atom. The van der Waals surface area contributed by atoms with E-state index in [1.807, 2.05) is 6.07 Å². The van der Waals surface area contributed by atoms with E-state index >= 15 is 0 Å². The number of nitrogens with zero attached hydrogens (tertiary/aromatic N) is 3. The van der Waals surface area contributed by atoms with Crippen molar-refractivity contribution in [2.45, 2.75) is 37.9 Å². The van der Waals surface area contributed by atoms with Gasteiger partial charge in [-0.15, -0.1) is 0 Å². The molecule has 0 aliphatic heterocycles. The minimum atomic E-state index is -0.954. The third-order valence-corrected chi connectivity index (χ3v) is 5.02. The van der Waals surface area contributed by atoms with Gasteiger partial charge in [0.2, 0.25) is 5.88 Å². The number of pyridine rings is 2. The molecule has 2 aromatic heterocycles. The Kier molecular flexibility index (Phi) is 6.05. The average Bonchev–Trinajstić information content (AvgIpc) is 2.77. The first-order chi connectivity index (χ1) is 15.0. The second kappa shape index (κ2) is 9.06. The molecule has 31 heavy (non-hydrogen) atoms. The summed E-state index contributed by atoms with van der Waals surface area (Å²) in [5, 5.41) is 18.9. The molecule has 0 atom stereocenters. The van der Waals surface area contributed by atoms with Crippen LogP contribution in [0.1, 0.15) is 31.4 Å². The van der Waals surface area contributed by atoms with Gasteiger partial charge < -0.3 is 14.6 Å². The van der Waals surface area contributed by atoms with Crippen molar-refractivity contribution in [3.05, 3.63) is 66.1 Å². The highest BCUT2D eigenvalue weighted by Crippen LogP contribution is 2.30. The minimum absolute atomic E-state index is 0.0523. The number of hydrogen-bond acceptors (Lipinski definition) is 6. The van der Waals surface area contributed by atoms with E-state index < -0.39 is 11.6 Å². The summed E-state index contributed by atoms with van der Waals surface area (Å²) < 4.78 is 38.5. The molecule has 8 heteroatoms. The molecule has 2 heterocycles. The highest BCUT2D eigenvalue weighted by molar-refractivity contribution is 5.64. The fraction of sp³-hybridized carbons (Fsp3) is 0.261. The van der Waals surface area contributed by atoms with E-state index in [1.54, 1.807) is 12.1 Å². The van der Waals surface area contributed by atoms with Crippen LogP contribution in [0.4, 0.5) is 8.78 Å². The molecule has 0 spiro atoms. The predicted octanol–water partition coefficient (Wildman–Crippen LogP) is 4.77. The summed E-state index contributed by atoms with van der Waals surface area (Å²) >= 11 is 0. The van der Waals surface area contributed by atoms with Crippen LogP contribution in [0.2, 0.25) is 0 Å². The van der Waals surface area contributed by atoms with E-state index in [0.29, 0.717) is 35.5 Å². The quantitative estimate of drug-likeness (QED) is 0.636. The van der Waals surface area contributed by atoms with Gasteiger partial charge in [0.05, 0.1) is 18.4 Å². The molecule has 0 unspecified atom stereocenters. The molecule has 1 aliphatic carbocycles. The van der Waals surface area contributed by atoms with Crippen LogP contribution >= 0.6 is 0 Å². The average molecular weight is 423 g/mol. The van der Waals surface area contributed by atoms with E-state index in [9.17, 15) is 19.1 Å². The van der Waals surface area contributed by atoms with Gasteiger partial charge in [-0.1, -0.05) is 6.07 Å². The van der Waals surface area contributed by atoms with Crippen LogP contribution in [-0.2, 0) is 0 Å². The van der Waals surface area contributed by atoms with Crippen LogP contribution in [0.3, 0.4) is 0 Å². The Balaban J connectivity index is 1.55. The van der Waals surface area contributed by atoms with Crippen LogP contribution in [0.25, 0.3) is 11.1 Å². The smallest absolute Gasteiger partial charge is 0.224 e. The molecule has 158 valence electrons. The van der Waals surface area contributed by atoms with Gasteiger partial charge in [0.25, 0.3) is 0 Å². The van der Waals surface area contributed by atoms with Crippen molar-refractivity contribution in [1.82, 2.24) is 9.97 Å². The van der Waals surface area contributed by atoms with Crippen LogP contribution in [-0.4, -0.2) is 27.3 Å². The molecule has 6 nitrogen and oxygen atoms in total. The molecule has 1 aliphatic rings. The van der Waals surface area contributed by atoms with Gasteiger partial charge in [-0.25, -0.2) is 13.8 Å². The third kappa shape index (κ3) is 5.13. The highest BCUT2D eigenvalue weighted by atomic mass is 19.2. The lowest BCUT2D eigenvalue weighted by Crippen LogP contribution is -2.26. The van der Waals surface area contributed by atoms with Crippen molar-refractivity contribution < 1.29 is 23.4 Å². The fourth-order valence-electron chi connectivity index (χ4n) is 3.44. The maximum absolute atomic E-state index is 13.6. The molecule has 0 saturated heterocycles. The van der Waals surface area contributed by atoms with Gasteiger partial charge in [-0.2, -0.15) is 5.26 Å². The second-order valence-corrected chi connectivity index (χ2v) is 7.33. The Morgan fingerprint density at radius 3 is 2.48 bits per heavy atom. The van der Waals surface area contributed by atoms with Crippen LogP contribution < -0.4 is 9.47 Å². The summed E-state index contributed by atoms with van der Waals surface area (Å²) in [6.07, 6.45) is 5.41. The van der Waals surface area contributed by atoms with E-state index in [2.05, 4.69) is 9.97 Å². The summed E-state index contributed by atoms with van der Waals surface area (Å²) in [7, 11) is 0. The molecule has 0 amide bonds. The zero-order valence-corrected chi connectivity index (χ0v) is 16.5. The first-order valence-electron chi connectivity index (χ1n) is 9.85. The van der Waals surface area contributed by atoms with Crippen LogP contribution in [0.5, 0.6) is 17.4 Å². The molecule has 4 rings (SSSR count). The third-order valence-electron chi connectivity index (χ3n) is 5.02. The molecular formula is C23H19F2N3O3. The number of nitriles is 1. The molecule has 1 saturated carbocycles. The highest BCUT2D eigenvalue weighted by Gasteiger charge is 2.21. The van der Waals surface area contributed by atoms with Crippen molar-refractivity contribution in [3.63, 3.8) is 0 Å². The van der Waals surface area contributed by atoms with E-state index in [0.717, 1.165) is 25.0 Å². The lowest BCUT2D eigenvalue weighted by molar-refractivity contribution is 0.0664. The minimum Gasteiger partial charge on any atom is -0.490 e. The largest absolute Gasteiger partial charge is 0.490 e. The number of ether oxygens (including phenoxy) is 2. The van der Waals surface area contributed by atoms with Crippen molar-refractivity contribution in [2.75, 3.05) is 0 Å². The van der Waals surface area contributed by atoms with Gasteiger partial charge in [0.1, 0.15) is 23.3 Å². The number of benzene rings is 1. The van der Waals surface area contributed by atoms with Gasteiger partial charge in [0.15, 0.2) is 11.6 Å². The summed E-state index contributed by atoms with van der Waals surface area (Å²) in [4.78, 5) is 8.23. The Morgan fingerprint density at radius 2 is 1.74 bits per heavy atom. The van der Waals surface area contributed by atoms with Crippen LogP contribution in [0.15, 0.2) is 48.8 Å².